The fraction of sp³-hybridized carbons (Fsp3) is 0.263. The molecule has 2 aromatic carbocycles. The second-order valence-electron chi connectivity index (χ2n) is 5.89. The maximum Gasteiger partial charge on any atom is 0.123 e. The van der Waals surface area contributed by atoms with Crippen LogP contribution in [0.15, 0.2) is 54.1 Å². The van der Waals surface area contributed by atoms with Crippen LogP contribution in [-0.2, 0) is 6.42 Å². The van der Waals surface area contributed by atoms with Crippen LogP contribution < -0.4 is 0 Å². The molecule has 0 amide bonds. The molecule has 2 heteroatoms. The van der Waals surface area contributed by atoms with Gasteiger partial charge in [0.2, 0.25) is 0 Å². The van der Waals surface area contributed by atoms with Gasteiger partial charge in [0.15, 0.2) is 0 Å². The first kappa shape index (κ1) is 13.9. The number of rotatable bonds is 3. The molecule has 0 unspecified atom stereocenters. The summed E-state index contributed by atoms with van der Waals surface area (Å²) < 4.78 is 0. The molecule has 0 fully saturated rings. The highest BCUT2D eigenvalue weighted by Crippen LogP contribution is 2.39. The summed E-state index contributed by atoms with van der Waals surface area (Å²) in [6.45, 7) is 0.929. The Morgan fingerprint density at radius 1 is 0.905 bits per heavy atom. The molecule has 0 spiro atoms. The molecule has 21 heavy (non-hydrogen) atoms. The number of hydrogen-bond donors (Lipinski definition) is 1. The van der Waals surface area contributed by atoms with Gasteiger partial charge in [-0.05, 0) is 55.3 Å². The van der Waals surface area contributed by atoms with Crippen molar-refractivity contribution < 1.29 is 5.11 Å². The van der Waals surface area contributed by atoms with E-state index in [0.29, 0.717) is 5.75 Å². The summed E-state index contributed by atoms with van der Waals surface area (Å²) in [7, 11) is 4.19. The van der Waals surface area contributed by atoms with Crippen LogP contribution in [0, 0.1) is 0 Å². The summed E-state index contributed by atoms with van der Waals surface area (Å²) in [6.07, 6.45) is 2.13. The van der Waals surface area contributed by atoms with Gasteiger partial charge in [-0.15, -0.1) is 0 Å². The summed E-state index contributed by atoms with van der Waals surface area (Å²) in [5.74, 6) is 0.362. The van der Waals surface area contributed by atoms with Crippen molar-refractivity contribution in [2.24, 2.45) is 0 Å². The lowest BCUT2D eigenvalue weighted by Gasteiger charge is -2.26. The standard InChI is InChI=1S/C19H21NO/c1-20(2)13-15-12-11-14-7-3-4-8-16(14)19(15)17-9-5-6-10-18(17)21/h3-10,21H,11-13H2,1-2H3. The average Bonchev–Trinajstić information content (AvgIpc) is 2.47. The number of aromatic hydroxyl groups is 1. The van der Waals surface area contributed by atoms with Crippen molar-refractivity contribution in [2.75, 3.05) is 20.6 Å². The number of phenols is 1. The number of para-hydroxylation sites is 1. The quantitative estimate of drug-likeness (QED) is 0.926. The maximum absolute atomic E-state index is 10.3. The molecule has 1 aliphatic rings. The molecular weight excluding hydrogens is 258 g/mol. The Balaban J connectivity index is 2.21. The molecule has 3 rings (SSSR count). The predicted octanol–water partition coefficient (Wildman–Crippen LogP) is 3.70. The first-order valence-corrected chi connectivity index (χ1v) is 7.40. The third kappa shape index (κ3) is 2.72. The second kappa shape index (κ2) is 5.74. The predicted molar refractivity (Wildman–Crippen MR) is 87.4 cm³/mol. The fourth-order valence-electron chi connectivity index (χ4n) is 3.14. The van der Waals surface area contributed by atoms with Crippen LogP contribution in [0.5, 0.6) is 5.75 Å². The second-order valence-corrected chi connectivity index (χ2v) is 5.89. The zero-order valence-electron chi connectivity index (χ0n) is 12.6. The van der Waals surface area contributed by atoms with Gasteiger partial charge in [0.05, 0.1) is 0 Å². The van der Waals surface area contributed by atoms with Crippen molar-refractivity contribution in [3.05, 3.63) is 70.8 Å². The first-order valence-electron chi connectivity index (χ1n) is 7.40. The lowest BCUT2D eigenvalue weighted by Crippen LogP contribution is -2.19. The third-order valence-corrected chi connectivity index (χ3v) is 4.02. The van der Waals surface area contributed by atoms with Crippen LogP contribution in [0.4, 0.5) is 0 Å². The van der Waals surface area contributed by atoms with E-state index < -0.39 is 0 Å². The molecule has 0 bridgehead atoms. The Bertz CT molecular complexity index is 685. The highest BCUT2D eigenvalue weighted by atomic mass is 16.3. The first-order chi connectivity index (χ1) is 10.2. The van der Waals surface area contributed by atoms with Crippen molar-refractivity contribution in [2.45, 2.75) is 12.8 Å². The van der Waals surface area contributed by atoms with E-state index >= 15 is 0 Å². The molecule has 0 radical (unpaired) electrons. The van der Waals surface area contributed by atoms with Gasteiger partial charge in [-0.2, -0.15) is 0 Å². The van der Waals surface area contributed by atoms with E-state index in [0.717, 1.165) is 24.9 Å². The van der Waals surface area contributed by atoms with E-state index in [4.69, 9.17) is 0 Å². The van der Waals surface area contributed by atoms with Gasteiger partial charge in [-0.25, -0.2) is 0 Å². The minimum atomic E-state index is 0.362. The third-order valence-electron chi connectivity index (χ3n) is 4.02. The average molecular weight is 279 g/mol. The van der Waals surface area contributed by atoms with E-state index in [-0.39, 0.29) is 0 Å². The zero-order chi connectivity index (χ0) is 14.8. The molecule has 108 valence electrons. The SMILES string of the molecule is CN(C)CC1=C(c2ccccc2O)c2ccccc2CC1. The van der Waals surface area contributed by atoms with Gasteiger partial charge in [0.1, 0.15) is 5.75 Å². The number of fused-ring (bicyclic) bond motifs is 1. The molecule has 2 nitrogen and oxygen atoms in total. The molecule has 0 heterocycles. The minimum Gasteiger partial charge on any atom is -0.507 e. The summed E-state index contributed by atoms with van der Waals surface area (Å²) in [5, 5.41) is 10.3. The van der Waals surface area contributed by atoms with Crippen LogP contribution in [0.3, 0.4) is 0 Å². The number of phenolic OH excluding ortho intramolecular Hbond substituents is 1. The molecular formula is C19H21NO. The molecule has 1 N–H and O–H groups in total. The van der Waals surface area contributed by atoms with Crippen LogP contribution in [0.25, 0.3) is 5.57 Å². The molecule has 2 aromatic rings. The molecule has 0 aliphatic heterocycles. The van der Waals surface area contributed by atoms with E-state index in [1.165, 1.54) is 22.3 Å². The van der Waals surface area contributed by atoms with Crippen molar-refractivity contribution >= 4 is 5.57 Å². The normalized spacial score (nSPS) is 14.4. The largest absolute Gasteiger partial charge is 0.507 e. The van der Waals surface area contributed by atoms with Gasteiger partial charge in [0, 0.05) is 12.1 Å². The van der Waals surface area contributed by atoms with Gasteiger partial charge >= 0.3 is 0 Å². The summed E-state index contributed by atoms with van der Waals surface area (Å²) in [4.78, 5) is 2.20. The summed E-state index contributed by atoms with van der Waals surface area (Å²) >= 11 is 0. The van der Waals surface area contributed by atoms with Gasteiger partial charge < -0.3 is 10.0 Å². The smallest absolute Gasteiger partial charge is 0.123 e. The van der Waals surface area contributed by atoms with E-state index in [1.807, 2.05) is 18.2 Å². The molecule has 0 aromatic heterocycles. The number of likely N-dealkylation sites (N-methyl/N-ethyl adjacent to an activating group) is 1. The van der Waals surface area contributed by atoms with Crippen molar-refractivity contribution in [1.82, 2.24) is 4.90 Å². The highest BCUT2D eigenvalue weighted by Gasteiger charge is 2.21. The Hall–Kier alpha value is -2.06. The van der Waals surface area contributed by atoms with Crippen LogP contribution in [0.2, 0.25) is 0 Å². The minimum absolute atomic E-state index is 0.362. The van der Waals surface area contributed by atoms with Crippen LogP contribution in [0.1, 0.15) is 23.1 Å². The van der Waals surface area contributed by atoms with E-state index in [2.05, 4.69) is 43.3 Å². The number of hydrogen-bond acceptors (Lipinski definition) is 2. The zero-order valence-corrected chi connectivity index (χ0v) is 12.6. The van der Waals surface area contributed by atoms with Crippen molar-refractivity contribution in [3.63, 3.8) is 0 Å². The topological polar surface area (TPSA) is 23.5 Å². The van der Waals surface area contributed by atoms with Gasteiger partial charge in [-0.3, -0.25) is 0 Å². The van der Waals surface area contributed by atoms with Gasteiger partial charge in [-0.1, -0.05) is 42.5 Å². The lowest BCUT2D eigenvalue weighted by atomic mass is 9.82. The van der Waals surface area contributed by atoms with E-state index in [9.17, 15) is 5.11 Å². The highest BCUT2D eigenvalue weighted by molar-refractivity contribution is 5.87. The fourth-order valence-corrected chi connectivity index (χ4v) is 3.14. The van der Waals surface area contributed by atoms with Crippen LogP contribution in [-0.4, -0.2) is 30.6 Å². The Morgan fingerprint density at radius 3 is 2.29 bits per heavy atom. The van der Waals surface area contributed by atoms with E-state index in [1.54, 1.807) is 6.07 Å². The number of benzene rings is 2. The maximum atomic E-state index is 10.3. The molecule has 0 saturated carbocycles. The van der Waals surface area contributed by atoms with Gasteiger partial charge in [0.25, 0.3) is 0 Å². The summed E-state index contributed by atoms with van der Waals surface area (Å²) in [5.41, 5.74) is 6.20. The molecule has 0 saturated heterocycles. The number of nitrogens with zero attached hydrogens (tertiary/aromatic N) is 1. The Morgan fingerprint density at radius 2 is 1.57 bits per heavy atom. The Kier molecular flexibility index (Phi) is 3.80. The number of aryl methyl sites for hydroxylation is 1. The van der Waals surface area contributed by atoms with Crippen molar-refractivity contribution in [1.29, 1.82) is 0 Å². The lowest BCUT2D eigenvalue weighted by molar-refractivity contribution is 0.438. The molecule has 0 atom stereocenters. The molecule has 1 aliphatic carbocycles. The van der Waals surface area contributed by atoms with Crippen molar-refractivity contribution in [3.8, 4) is 5.75 Å². The van der Waals surface area contributed by atoms with Crippen LogP contribution >= 0.6 is 0 Å². The summed E-state index contributed by atoms with van der Waals surface area (Å²) in [6, 6.07) is 16.2. The Labute approximate surface area is 126 Å². The monoisotopic (exact) mass is 279 g/mol.